The van der Waals surface area contributed by atoms with E-state index in [0.29, 0.717) is 25.3 Å². The number of rotatable bonds is 4. The molecule has 1 aliphatic rings. The molecule has 0 heterocycles. The third-order valence-electron chi connectivity index (χ3n) is 2.64. The largest absolute Gasteiger partial charge is 0.480 e. The fourth-order valence-corrected chi connectivity index (χ4v) is 1.48. The quantitative estimate of drug-likeness (QED) is 0.652. The van der Waals surface area contributed by atoms with Crippen molar-refractivity contribution in [3.8, 4) is 0 Å². The zero-order chi connectivity index (χ0) is 11.5. The molecule has 5 nitrogen and oxygen atoms in total. The van der Waals surface area contributed by atoms with E-state index in [1.165, 1.54) is 0 Å². The lowest BCUT2D eigenvalue weighted by Gasteiger charge is -2.38. The smallest absolute Gasteiger partial charge is 0.329 e. The lowest BCUT2D eigenvalue weighted by atomic mass is 9.77. The number of amides is 2. The number of aliphatic carboxylic acids is 1. The zero-order valence-corrected chi connectivity index (χ0v) is 9.17. The van der Waals surface area contributed by atoms with Gasteiger partial charge in [-0.15, -0.1) is 0 Å². The molecule has 0 aliphatic heterocycles. The molecular weight excluding hydrogens is 196 g/mol. The Labute approximate surface area is 89.2 Å². The average molecular weight is 214 g/mol. The van der Waals surface area contributed by atoms with Crippen LogP contribution < -0.4 is 10.6 Å². The fraction of sp³-hybridized carbons (Fsp3) is 0.800. The van der Waals surface area contributed by atoms with Crippen LogP contribution in [0.3, 0.4) is 0 Å². The number of carbonyl (C=O) groups is 2. The molecule has 0 unspecified atom stereocenters. The van der Waals surface area contributed by atoms with Gasteiger partial charge in [0, 0.05) is 6.54 Å². The van der Waals surface area contributed by atoms with Crippen LogP contribution in [0, 0.1) is 5.92 Å². The van der Waals surface area contributed by atoms with Gasteiger partial charge in [-0.1, -0.05) is 13.8 Å². The second kappa shape index (κ2) is 4.51. The second-order valence-corrected chi connectivity index (χ2v) is 4.47. The highest BCUT2D eigenvalue weighted by Gasteiger charge is 2.45. The van der Waals surface area contributed by atoms with E-state index in [1.54, 1.807) is 0 Å². The molecular formula is C10H18N2O3. The summed E-state index contributed by atoms with van der Waals surface area (Å²) in [4.78, 5) is 22.3. The number of carboxylic acid groups (broad SMARTS) is 1. The van der Waals surface area contributed by atoms with Gasteiger partial charge in [-0.2, -0.15) is 0 Å². The first-order valence-electron chi connectivity index (χ1n) is 5.26. The summed E-state index contributed by atoms with van der Waals surface area (Å²) in [5, 5.41) is 14.2. The van der Waals surface area contributed by atoms with E-state index in [0.717, 1.165) is 6.42 Å². The highest BCUT2D eigenvalue weighted by Crippen LogP contribution is 2.31. The standard InChI is InChI=1S/C10H18N2O3/c1-7(2)6-11-9(15)12-10(8(13)14)4-3-5-10/h7H,3-6H2,1-2H3,(H,13,14)(H2,11,12,15). The molecule has 86 valence electrons. The normalized spacial score (nSPS) is 18.1. The van der Waals surface area contributed by atoms with Crippen LogP contribution in [0.5, 0.6) is 0 Å². The maximum atomic E-state index is 11.4. The van der Waals surface area contributed by atoms with Gasteiger partial charge in [-0.3, -0.25) is 0 Å². The maximum absolute atomic E-state index is 11.4. The number of nitrogens with one attached hydrogen (secondary N) is 2. The van der Waals surface area contributed by atoms with Crippen molar-refractivity contribution >= 4 is 12.0 Å². The topological polar surface area (TPSA) is 78.4 Å². The molecule has 0 bridgehead atoms. The average Bonchev–Trinajstić information content (AvgIpc) is 2.07. The van der Waals surface area contributed by atoms with Crippen molar-refractivity contribution in [2.24, 2.45) is 5.92 Å². The van der Waals surface area contributed by atoms with E-state index in [2.05, 4.69) is 10.6 Å². The van der Waals surface area contributed by atoms with Crippen LogP contribution in [-0.2, 0) is 4.79 Å². The van der Waals surface area contributed by atoms with Gasteiger partial charge in [0.25, 0.3) is 0 Å². The number of carboxylic acids is 1. The van der Waals surface area contributed by atoms with Crippen LogP contribution in [-0.4, -0.2) is 29.2 Å². The van der Waals surface area contributed by atoms with Gasteiger partial charge in [0.2, 0.25) is 0 Å². The highest BCUT2D eigenvalue weighted by molar-refractivity contribution is 5.87. The molecule has 1 saturated carbocycles. The van der Waals surface area contributed by atoms with E-state index in [4.69, 9.17) is 5.11 Å². The van der Waals surface area contributed by atoms with Crippen LogP contribution in [0.4, 0.5) is 4.79 Å². The van der Waals surface area contributed by atoms with Crippen molar-refractivity contribution in [3.63, 3.8) is 0 Å². The molecule has 0 aromatic carbocycles. The number of urea groups is 1. The maximum Gasteiger partial charge on any atom is 0.329 e. The summed E-state index contributed by atoms with van der Waals surface area (Å²) in [6.07, 6.45) is 1.91. The van der Waals surface area contributed by atoms with Crippen molar-refractivity contribution in [3.05, 3.63) is 0 Å². The van der Waals surface area contributed by atoms with Gasteiger partial charge in [-0.05, 0) is 25.2 Å². The summed E-state index contributed by atoms with van der Waals surface area (Å²) in [6, 6.07) is -0.384. The molecule has 0 aromatic rings. The first-order chi connectivity index (χ1) is 6.96. The van der Waals surface area contributed by atoms with Crippen molar-refractivity contribution in [2.75, 3.05) is 6.54 Å². The van der Waals surface area contributed by atoms with Crippen LogP contribution in [0.15, 0.2) is 0 Å². The third kappa shape index (κ3) is 2.84. The van der Waals surface area contributed by atoms with Crippen molar-refractivity contribution in [1.29, 1.82) is 0 Å². The molecule has 0 saturated heterocycles. The SMILES string of the molecule is CC(C)CNC(=O)NC1(C(=O)O)CCC1. The monoisotopic (exact) mass is 214 g/mol. The van der Waals surface area contributed by atoms with Crippen molar-refractivity contribution < 1.29 is 14.7 Å². The molecule has 1 aliphatic carbocycles. The minimum atomic E-state index is -1.01. The summed E-state index contributed by atoms with van der Waals surface area (Å²) in [6.45, 7) is 4.52. The Balaban J connectivity index is 2.39. The van der Waals surface area contributed by atoms with Crippen molar-refractivity contribution in [1.82, 2.24) is 10.6 Å². The van der Waals surface area contributed by atoms with E-state index in [-0.39, 0.29) is 6.03 Å². The Hall–Kier alpha value is -1.26. The van der Waals surface area contributed by atoms with Crippen LogP contribution >= 0.6 is 0 Å². The van der Waals surface area contributed by atoms with Gasteiger partial charge >= 0.3 is 12.0 Å². The summed E-state index contributed by atoms with van der Waals surface area (Å²) < 4.78 is 0. The van der Waals surface area contributed by atoms with Gasteiger partial charge in [-0.25, -0.2) is 9.59 Å². The van der Waals surface area contributed by atoms with Crippen LogP contribution in [0.25, 0.3) is 0 Å². The molecule has 0 spiro atoms. The Morgan fingerprint density at radius 3 is 2.33 bits per heavy atom. The number of hydrogen-bond donors (Lipinski definition) is 3. The van der Waals surface area contributed by atoms with Gasteiger partial charge < -0.3 is 15.7 Å². The Morgan fingerprint density at radius 1 is 1.40 bits per heavy atom. The Bertz CT molecular complexity index is 259. The molecule has 2 amide bonds. The number of carbonyl (C=O) groups excluding carboxylic acids is 1. The van der Waals surface area contributed by atoms with E-state index < -0.39 is 11.5 Å². The highest BCUT2D eigenvalue weighted by atomic mass is 16.4. The van der Waals surface area contributed by atoms with E-state index in [1.807, 2.05) is 13.8 Å². The lowest BCUT2D eigenvalue weighted by Crippen LogP contribution is -2.61. The molecule has 5 heteroatoms. The van der Waals surface area contributed by atoms with Gasteiger partial charge in [0.1, 0.15) is 5.54 Å². The third-order valence-corrected chi connectivity index (χ3v) is 2.64. The molecule has 3 N–H and O–H groups in total. The minimum Gasteiger partial charge on any atom is -0.480 e. The Morgan fingerprint density at radius 2 is 2.00 bits per heavy atom. The predicted octanol–water partition coefficient (Wildman–Crippen LogP) is 0.949. The van der Waals surface area contributed by atoms with Crippen LogP contribution in [0.2, 0.25) is 0 Å². The Kier molecular flexibility index (Phi) is 3.55. The summed E-state index contributed by atoms with van der Waals surface area (Å²) >= 11 is 0. The summed E-state index contributed by atoms with van der Waals surface area (Å²) in [7, 11) is 0. The van der Waals surface area contributed by atoms with E-state index >= 15 is 0 Å². The minimum absolute atomic E-state index is 0.359. The van der Waals surface area contributed by atoms with Gasteiger partial charge in [0.15, 0.2) is 0 Å². The molecule has 0 radical (unpaired) electrons. The zero-order valence-electron chi connectivity index (χ0n) is 9.17. The van der Waals surface area contributed by atoms with E-state index in [9.17, 15) is 9.59 Å². The van der Waals surface area contributed by atoms with Gasteiger partial charge in [0.05, 0.1) is 0 Å². The molecule has 0 atom stereocenters. The van der Waals surface area contributed by atoms with Crippen LogP contribution in [0.1, 0.15) is 33.1 Å². The first kappa shape index (κ1) is 11.8. The van der Waals surface area contributed by atoms with Crippen molar-refractivity contribution in [2.45, 2.75) is 38.6 Å². The molecule has 0 aromatic heterocycles. The second-order valence-electron chi connectivity index (χ2n) is 4.47. The lowest BCUT2D eigenvalue weighted by molar-refractivity contribution is -0.148. The summed E-state index contributed by atoms with van der Waals surface area (Å²) in [5.74, 6) is -0.577. The first-order valence-corrected chi connectivity index (χ1v) is 5.26. The molecule has 15 heavy (non-hydrogen) atoms. The summed E-state index contributed by atoms with van der Waals surface area (Å²) in [5.41, 5.74) is -1.01. The predicted molar refractivity (Wildman–Crippen MR) is 55.6 cm³/mol. The number of hydrogen-bond acceptors (Lipinski definition) is 2. The molecule has 1 fully saturated rings. The molecule has 1 rings (SSSR count). The fourth-order valence-electron chi connectivity index (χ4n) is 1.48.